The standard InChI is InChI=1S/C19H27N3O2/c1-11-20-18(21-24-11)14-2-4-22(5-3-14)19(23)17-15-7-12-6-13(9-15)10-16(17)8-12/h12-17H,2-10H2,1H3. The largest absolute Gasteiger partial charge is 0.342 e. The van der Waals surface area contributed by atoms with Crippen molar-refractivity contribution in [2.75, 3.05) is 13.1 Å². The van der Waals surface area contributed by atoms with Crippen LogP contribution >= 0.6 is 0 Å². The Morgan fingerprint density at radius 2 is 1.67 bits per heavy atom. The molecule has 5 fully saturated rings. The highest BCUT2D eigenvalue weighted by Gasteiger charge is 2.51. The Morgan fingerprint density at radius 1 is 1.04 bits per heavy atom. The predicted molar refractivity (Wildman–Crippen MR) is 88.1 cm³/mol. The van der Waals surface area contributed by atoms with Crippen LogP contribution in [0, 0.1) is 36.5 Å². The average Bonchev–Trinajstić information content (AvgIpc) is 3.00. The maximum atomic E-state index is 13.2. The highest BCUT2D eigenvalue weighted by atomic mass is 16.5. The molecule has 0 atom stereocenters. The first-order chi connectivity index (χ1) is 11.7. The van der Waals surface area contributed by atoms with E-state index in [9.17, 15) is 4.79 Å². The van der Waals surface area contributed by atoms with Gasteiger partial charge in [0.05, 0.1) is 0 Å². The molecular formula is C19H27N3O2. The third kappa shape index (κ3) is 2.39. The summed E-state index contributed by atoms with van der Waals surface area (Å²) in [7, 11) is 0. The summed E-state index contributed by atoms with van der Waals surface area (Å²) in [6.07, 6.45) is 8.67. The molecule has 5 nitrogen and oxygen atoms in total. The summed E-state index contributed by atoms with van der Waals surface area (Å²) in [5.74, 6) is 5.86. The van der Waals surface area contributed by atoms with Crippen LogP contribution < -0.4 is 0 Å². The van der Waals surface area contributed by atoms with Crippen molar-refractivity contribution >= 4 is 5.91 Å². The van der Waals surface area contributed by atoms with E-state index in [0.717, 1.165) is 43.6 Å². The van der Waals surface area contributed by atoms with Crippen LogP contribution in [0.4, 0.5) is 0 Å². The van der Waals surface area contributed by atoms with Gasteiger partial charge >= 0.3 is 0 Å². The zero-order valence-electron chi connectivity index (χ0n) is 14.5. The minimum absolute atomic E-state index is 0.335. The Morgan fingerprint density at radius 3 is 2.21 bits per heavy atom. The van der Waals surface area contributed by atoms with Crippen LogP contribution in [0.25, 0.3) is 0 Å². The Bertz CT molecular complexity index is 604. The predicted octanol–water partition coefficient (Wildman–Crippen LogP) is 3.16. The Kier molecular flexibility index (Phi) is 3.46. The van der Waals surface area contributed by atoms with Crippen LogP contribution in [-0.4, -0.2) is 34.0 Å². The molecule has 1 saturated heterocycles. The van der Waals surface area contributed by atoms with E-state index in [-0.39, 0.29) is 0 Å². The molecule has 1 aromatic heterocycles. The summed E-state index contributed by atoms with van der Waals surface area (Å²) >= 11 is 0. The second-order valence-corrected chi connectivity index (χ2v) is 8.73. The molecule has 0 radical (unpaired) electrons. The summed E-state index contributed by atoms with van der Waals surface area (Å²) in [6, 6.07) is 0. The van der Waals surface area contributed by atoms with Gasteiger partial charge in [-0.2, -0.15) is 4.98 Å². The van der Waals surface area contributed by atoms with Crippen LogP contribution in [0.1, 0.15) is 62.6 Å². The zero-order valence-corrected chi connectivity index (χ0v) is 14.5. The summed E-state index contributed by atoms with van der Waals surface area (Å²) < 4.78 is 5.11. The molecule has 130 valence electrons. The summed E-state index contributed by atoms with van der Waals surface area (Å²) in [4.78, 5) is 19.7. The minimum Gasteiger partial charge on any atom is -0.342 e. The van der Waals surface area contributed by atoms with Gasteiger partial charge < -0.3 is 9.42 Å². The molecule has 0 spiro atoms. The fraction of sp³-hybridized carbons (Fsp3) is 0.842. The molecule has 4 bridgehead atoms. The lowest BCUT2D eigenvalue weighted by Crippen LogP contribution is -2.53. The van der Waals surface area contributed by atoms with Gasteiger partial charge in [0, 0.05) is 31.8 Å². The van der Waals surface area contributed by atoms with Crippen LogP contribution in [0.2, 0.25) is 0 Å². The van der Waals surface area contributed by atoms with Gasteiger partial charge in [-0.25, -0.2) is 0 Å². The van der Waals surface area contributed by atoms with E-state index in [1.807, 2.05) is 6.92 Å². The highest BCUT2D eigenvalue weighted by Crippen LogP contribution is 2.57. The molecule has 5 heteroatoms. The minimum atomic E-state index is 0.335. The van der Waals surface area contributed by atoms with Crippen LogP contribution in [-0.2, 0) is 4.79 Å². The molecule has 0 unspecified atom stereocenters. The van der Waals surface area contributed by atoms with Crippen molar-refractivity contribution in [3.8, 4) is 0 Å². The van der Waals surface area contributed by atoms with Crippen molar-refractivity contribution in [1.82, 2.24) is 15.0 Å². The number of nitrogens with zero attached hydrogens (tertiary/aromatic N) is 3. The van der Waals surface area contributed by atoms with Crippen molar-refractivity contribution in [3.63, 3.8) is 0 Å². The number of aromatic nitrogens is 2. The first-order valence-electron chi connectivity index (χ1n) is 9.76. The van der Waals surface area contributed by atoms with E-state index in [0.29, 0.717) is 35.5 Å². The molecule has 24 heavy (non-hydrogen) atoms. The third-order valence-corrected chi connectivity index (χ3v) is 7.23. The van der Waals surface area contributed by atoms with Crippen molar-refractivity contribution < 1.29 is 9.32 Å². The molecular weight excluding hydrogens is 302 g/mol. The average molecular weight is 329 g/mol. The normalized spacial score (nSPS) is 38.7. The molecule has 2 heterocycles. The van der Waals surface area contributed by atoms with Crippen LogP contribution in [0.5, 0.6) is 0 Å². The van der Waals surface area contributed by atoms with Gasteiger partial charge in [0.1, 0.15) is 0 Å². The van der Waals surface area contributed by atoms with Gasteiger partial charge in [0.25, 0.3) is 0 Å². The topological polar surface area (TPSA) is 59.2 Å². The number of carbonyl (C=O) groups excluding carboxylic acids is 1. The maximum absolute atomic E-state index is 13.2. The number of carbonyl (C=O) groups is 1. The number of likely N-dealkylation sites (tertiary alicyclic amines) is 1. The number of amides is 1. The molecule has 5 aliphatic rings. The number of hydrogen-bond donors (Lipinski definition) is 0. The second kappa shape index (κ2) is 5.57. The van der Waals surface area contributed by atoms with Gasteiger partial charge in [-0.15, -0.1) is 0 Å². The lowest BCUT2D eigenvalue weighted by molar-refractivity contribution is -0.150. The van der Waals surface area contributed by atoms with E-state index in [4.69, 9.17) is 4.52 Å². The molecule has 4 saturated carbocycles. The number of aryl methyl sites for hydroxylation is 1. The van der Waals surface area contributed by atoms with Gasteiger partial charge in [0.15, 0.2) is 5.82 Å². The van der Waals surface area contributed by atoms with Crippen LogP contribution in [0.15, 0.2) is 4.52 Å². The van der Waals surface area contributed by atoms with Crippen molar-refractivity contribution in [2.24, 2.45) is 29.6 Å². The van der Waals surface area contributed by atoms with Crippen molar-refractivity contribution in [1.29, 1.82) is 0 Å². The van der Waals surface area contributed by atoms with E-state index < -0.39 is 0 Å². The first-order valence-corrected chi connectivity index (χ1v) is 9.76. The van der Waals surface area contributed by atoms with E-state index in [1.54, 1.807) is 0 Å². The van der Waals surface area contributed by atoms with Gasteiger partial charge in [-0.05, 0) is 68.6 Å². The fourth-order valence-corrected chi connectivity index (χ4v) is 6.38. The quantitative estimate of drug-likeness (QED) is 0.836. The number of hydrogen-bond acceptors (Lipinski definition) is 4. The maximum Gasteiger partial charge on any atom is 0.226 e. The first kappa shape index (κ1) is 14.9. The molecule has 1 amide bonds. The van der Waals surface area contributed by atoms with Crippen molar-refractivity contribution in [3.05, 3.63) is 11.7 Å². The summed E-state index contributed by atoms with van der Waals surface area (Å²) in [5, 5.41) is 4.07. The molecule has 6 rings (SSSR count). The second-order valence-electron chi connectivity index (χ2n) is 8.73. The summed E-state index contributed by atoms with van der Waals surface area (Å²) in [6.45, 7) is 3.56. The van der Waals surface area contributed by atoms with Crippen LogP contribution in [0.3, 0.4) is 0 Å². The van der Waals surface area contributed by atoms with E-state index in [1.165, 1.54) is 32.1 Å². The summed E-state index contributed by atoms with van der Waals surface area (Å²) in [5.41, 5.74) is 0. The fourth-order valence-electron chi connectivity index (χ4n) is 6.38. The van der Waals surface area contributed by atoms with E-state index in [2.05, 4.69) is 15.0 Å². The molecule has 1 aliphatic heterocycles. The molecule has 0 aromatic carbocycles. The van der Waals surface area contributed by atoms with Gasteiger partial charge in [-0.1, -0.05) is 5.16 Å². The highest BCUT2D eigenvalue weighted by molar-refractivity contribution is 5.80. The smallest absolute Gasteiger partial charge is 0.226 e. The van der Waals surface area contributed by atoms with E-state index >= 15 is 0 Å². The lowest BCUT2D eigenvalue weighted by atomic mass is 9.51. The molecule has 1 aromatic rings. The Balaban J connectivity index is 1.24. The van der Waals surface area contributed by atoms with Gasteiger partial charge in [0.2, 0.25) is 11.8 Å². The van der Waals surface area contributed by atoms with Crippen molar-refractivity contribution in [2.45, 2.75) is 57.8 Å². The molecule has 4 aliphatic carbocycles. The number of piperidine rings is 1. The lowest BCUT2D eigenvalue weighted by Gasteiger charge is -2.54. The van der Waals surface area contributed by atoms with Gasteiger partial charge in [-0.3, -0.25) is 4.79 Å². The molecule has 0 N–H and O–H groups in total. The number of rotatable bonds is 2. The monoisotopic (exact) mass is 329 g/mol. The zero-order chi connectivity index (χ0) is 16.3. The SMILES string of the molecule is Cc1nc(C2CCN(C(=O)C3C4CC5CC(C4)CC3C5)CC2)no1. The Hall–Kier alpha value is -1.39. The third-order valence-electron chi connectivity index (χ3n) is 7.23. The Labute approximate surface area is 143 Å².